The maximum Gasteiger partial charge on any atom is 0.331 e. The van der Waals surface area contributed by atoms with Gasteiger partial charge in [0.15, 0.2) is 6.61 Å². The molecular weight excluding hydrogens is 430 g/mol. The lowest BCUT2D eigenvalue weighted by Crippen LogP contribution is -2.27. The topological polar surface area (TPSA) is 131 Å². The highest BCUT2D eigenvalue weighted by molar-refractivity contribution is 7.90. The van der Waals surface area contributed by atoms with Crippen LogP contribution >= 0.6 is 11.3 Å². The Bertz CT molecular complexity index is 1140. The molecular formula is C19H19N3O6S2. The molecule has 11 heteroatoms. The van der Waals surface area contributed by atoms with Crippen molar-refractivity contribution in [1.82, 2.24) is 10.0 Å². The summed E-state index contributed by atoms with van der Waals surface area (Å²) < 4.78 is 31.6. The smallest absolute Gasteiger partial charge is 0.331 e. The summed E-state index contributed by atoms with van der Waals surface area (Å²) in [5.41, 5.74) is 0.374. The fourth-order valence-electron chi connectivity index (χ4n) is 2.64. The van der Waals surface area contributed by atoms with E-state index in [-0.39, 0.29) is 22.4 Å². The number of ether oxygens (including phenoxy) is 1. The summed E-state index contributed by atoms with van der Waals surface area (Å²) in [6, 6.07) is 8.60. The Morgan fingerprint density at radius 3 is 2.67 bits per heavy atom. The van der Waals surface area contributed by atoms with Gasteiger partial charge in [-0.05, 0) is 31.2 Å². The maximum atomic E-state index is 12.2. The molecule has 1 aromatic carbocycles. The number of Topliss-reactive ketones (excluding diaryl/α,β-unsaturated/α-hetero) is 1. The monoisotopic (exact) mass is 449 g/mol. The van der Waals surface area contributed by atoms with E-state index in [1.807, 2.05) is 0 Å². The Morgan fingerprint density at radius 2 is 1.93 bits per heavy atom. The Hall–Kier alpha value is -3.05. The van der Waals surface area contributed by atoms with Crippen molar-refractivity contribution in [2.75, 3.05) is 6.61 Å². The van der Waals surface area contributed by atoms with E-state index in [1.165, 1.54) is 31.3 Å². The number of aliphatic imine (C=N–C) groups is 1. The lowest BCUT2D eigenvalue weighted by molar-refractivity contribution is -0.143. The van der Waals surface area contributed by atoms with E-state index in [9.17, 15) is 22.8 Å². The number of amides is 1. The van der Waals surface area contributed by atoms with Gasteiger partial charge in [-0.25, -0.2) is 13.2 Å². The van der Waals surface area contributed by atoms with Crippen LogP contribution in [0.5, 0.6) is 0 Å². The number of thiophene rings is 1. The Morgan fingerprint density at radius 1 is 1.20 bits per heavy atom. The Labute approximate surface area is 177 Å². The second-order valence-corrected chi connectivity index (χ2v) is 9.28. The van der Waals surface area contributed by atoms with Crippen LogP contribution < -0.4 is 10.0 Å². The molecule has 1 aliphatic rings. The molecule has 3 rings (SSSR count). The molecule has 0 aliphatic carbocycles. The molecule has 2 N–H and O–H groups in total. The molecule has 0 unspecified atom stereocenters. The Balaban J connectivity index is 1.60. The molecule has 2 aromatic rings. The van der Waals surface area contributed by atoms with Crippen molar-refractivity contribution in [3.63, 3.8) is 0 Å². The number of carbonyl (C=O) groups is 3. The number of fused-ring (bicyclic) bond motifs is 1. The molecule has 1 amide bonds. The summed E-state index contributed by atoms with van der Waals surface area (Å²) in [5.74, 6) is -1.25. The normalized spacial score (nSPS) is 16.4. The minimum absolute atomic E-state index is 0.0576. The second-order valence-electron chi connectivity index (χ2n) is 6.46. The first-order valence-corrected chi connectivity index (χ1v) is 11.2. The number of nitrogens with zero attached hydrogens (tertiary/aromatic N) is 1. The van der Waals surface area contributed by atoms with Gasteiger partial charge in [0.1, 0.15) is 11.9 Å². The van der Waals surface area contributed by atoms with Gasteiger partial charge in [-0.1, -0.05) is 12.1 Å². The molecule has 1 aliphatic heterocycles. The van der Waals surface area contributed by atoms with Crippen LogP contribution in [-0.2, 0) is 30.9 Å². The lowest BCUT2D eigenvalue weighted by atomic mass is 10.2. The average molecular weight is 450 g/mol. The fourth-order valence-corrected chi connectivity index (χ4v) is 4.75. The Kier molecular flexibility index (Phi) is 6.32. The highest BCUT2D eigenvalue weighted by Crippen LogP contribution is 2.22. The molecule has 0 saturated carbocycles. The number of esters is 1. The van der Waals surface area contributed by atoms with E-state index in [0.29, 0.717) is 17.0 Å². The number of sulfonamides is 1. The van der Waals surface area contributed by atoms with Gasteiger partial charge in [0.05, 0.1) is 16.3 Å². The second kappa shape index (κ2) is 8.76. The molecule has 1 aromatic heterocycles. The zero-order valence-electron chi connectivity index (χ0n) is 16.2. The van der Waals surface area contributed by atoms with Gasteiger partial charge in [0.25, 0.3) is 10.0 Å². The molecule has 0 saturated heterocycles. The van der Waals surface area contributed by atoms with Gasteiger partial charge in [-0.15, -0.1) is 11.3 Å². The summed E-state index contributed by atoms with van der Waals surface area (Å²) in [4.78, 5) is 40.8. The third-order valence-corrected chi connectivity index (χ3v) is 6.64. The molecule has 0 bridgehead atoms. The standard InChI is InChI=1S/C19H19N3O6S2/c1-11(21-18-14-5-3-4-6-17(14)30(26,27)22-18)19(25)28-10-15(24)16-8-7-13(29-16)9-20-12(2)23/h3-8,11H,9-10H2,1-2H3,(H,20,23)(H,21,22)/t11-/m0/s1. The molecule has 2 heterocycles. The van der Waals surface area contributed by atoms with E-state index in [4.69, 9.17) is 4.74 Å². The lowest BCUT2D eigenvalue weighted by Gasteiger charge is -2.08. The molecule has 1 atom stereocenters. The van der Waals surface area contributed by atoms with E-state index in [0.717, 1.165) is 4.88 Å². The van der Waals surface area contributed by atoms with Crippen LogP contribution in [0.1, 0.15) is 34.0 Å². The van der Waals surface area contributed by atoms with E-state index in [1.54, 1.807) is 30.3 Å². The fraction of sp³-hybridized carbons (Fsp3) is 0.263. The largest absolute Gasteiger partial charge is 0.456 e. The number of nitrogens with one attached hydrogen (secondary N) is 2. The number of rotatable bonds is 7. The average Bonchev–Trinajstić information content (AvgIpc) is 3.27. The van der Waals surface area contributed by atoms with Gasteiger partial charge in [0, 0.05) is 17.4 Å². The highest BCUT2D eigenvalue weighted by Gasteiger charge is 2.31. The summed E-state index contributed by atoms with van der Waals surface area (Å²) in [6.07, 6.45) is 0. The first-order chi connectivity index (χ1) is 14.2. The predicted molar refractivity (Wildman–Crippen MR) is 110 cm³/mol. The van der Waals surface area contributed by atoms with E-state index < -0.39 is 28.6 Å². The van der Waals surface area contributed by atoms with Crippen LogP contribution in [0.4, 0.5) is 0 Å². The van der Waals surface area contributed by atoms with Crippen LogP contribution in [0.2, 0.25) is 0 Å². The van der Waals surface area contributed by atoms with Gasteiger partial charge in [0.2, 0.25) is 11.7 Å². The first-order valence-electron chi connectivity index (χ1n) is 8.90. The van der Waals surface area contributed by atoms with Gasteiger partial charge in [-0.3, -0.25) is 19.3 Å². The van der Waals surface area contributed by atoms with Gasteiger partial charge < -0.3 is 10.1 Å². The van der Waals surface area contributed by atoms with Gasteiger partial charge in [-0.2, -0.15) is 0 Å². The zero-order chi connectivity index (χ0) is 21.9. The van der Waals surface area contributed by atoms with Crippen LogP contribution in [-0.4, -0.2) is 44.6 Å². The maximum absolute atomic E-state index is 12.2. The van der Waals surface area contributed by atoms with E-state index in [2.05, 4.69) is 15.0 Å². The molecule has 0 fully saturated rings. The third kappa shape index (κ3) is 4.92. The predicted octanol–water partition coefficient (Wildman–Crippen LogP) is 1.24. The van der Waals surface area contributed by atoms with Crippen LogP contribution in [0.25, 0.3) is 0 Å². The molecule has 0 radical (unpaired) electrons. The molecule has 30 heavy (non-hydrogen) atoms. The van der Waals surface area contributed by atoms with Gasteiger partial charge >= 0.3 is 5.97 Å². The number of carbonyl (C=O) groups excluding carboxylic acids is 3. The minimum atomic E-state index is -3.71. The number of hydrogen-bond donors (Lipinski definition) is 2. The number of amidine groups is 1. The number of ketones is 1. The molecule has 0 spiro atoms. The van der Waals surface area contributed by atoms with Crippen LogP contribution in [0, 0.1) is 0 Å². The summed E-state index contributed by atoms with van der Waals surface area (Å²) in [5, 5.41) is 2.64. The van der Waals surface area contributed by atoms with E-state index >= 15 is 0 Å². The first kappa shape index (κ1) is 21.7. The minimum Gasteiger partial charge on any atom is -0.456 e. The van der Waals surface area contributed by atoms with Crippen molar-refractivity contribution in [1.29, 1.82) is 0 Å². The summed E-state index contributed by atoms with van der Waals surface area (Å²) >= 11 is 1.20. The SMILES string of the molecule is CC(=O)NCc1ccc(C(=O)COC(=O)[C@H](C)N=C2NS(=O)(=O)c3ccccc32)s1. The van der Waals surface area contributed by atoms with Crippen LogP contribution in [0.15, 0.2) is 46.3 Å². The third-order valence-electron chi connectivity index (χ3n) is 4.12. The zero-order valence-corrected chi connectivity index (χ0v) is 17.8. The van der Waals surface area contributed by atoms with Crippen molar-refractivity contribution in [3.05, 3.63) is 51.7 Å². The summed E-state index contributed by atoms with van der Waals surface area (Å²) in [7, 11) is -3.71. The number of benzene rings is 1. The molecule has 9 nitrogen and oxygen atoms in total. The van der Waals surface area contributed by atoms with Crippen LogP contribution in [0.3, 0.4) is 0 Å². The molecule has 158 valence electrons. The van der Waals surface area contributed by atoms with Crippen molar-refractivity contribution < 1.29 is 27.5 Å². The summed E-state index contributed by atoms with van der Waals surface area (Å²) in [6.45, 7) is 2.71. The van der Waals surface area contributed by atoms with Crippen molar-refractivity contribution >= 4 is 44.9 Å². The van der Waals surface area contributed by atoms with Crippen molar-refractivity contribution in [3.8, 4) is 0 Å². The number of hydrogen-bond acceptors (Lipinski definition) is 8. The van der Waals surface area contributed by atoms with Crippen molar-refractivity contribution in [2.45, 2.75) is 31.3 Å². The quantitative estimate of drug-likeness (QED) is 0.483. The highest BCUT2D eigenvalue weighted by atomic mass is 32.2. The van der Waals surface area contributed by atoms with Crippen molar-refractivity contribution in [2.24, 2.45) is 4.99 Å².